The second-order valence-corrected chi connectivity index (χ2v) is 10.8. The number of amides is 3. The van der Waals surface area contributed by atoms with Crippen molar-refractivity contribution in [2.45, 2.75) is 57.2 Å². The van der Waals surface area contributed by atoms with Crippen LogP contribution < -0.4 is 10.2 Å². The Morgan fingerprint density at radius 2 is 1.58 bits per heavy atom. The topological polar surface area (TPSA) is 52.7 Å². The summed E-state index contributed by atoms with van der Waals surface area (Å²) in [4.78, 5) is 29.2. The largest absolute Gasteiger partial charge is 0.324 e. The van der Waals surface area contributed by atoms with Crippen LogP contribution in [0.5, 0.6) is 0 Å². The highest BCUT2D eigenvalue weighted by Gasteiger charge is 2.49. The number of anilines is 2. The number of hydrogen-bond donors (Lipinski definition) is 1. The molecule has 7 heteroatoms. The molecule has 3 amide bonds. The number of halogens is 1. The minimum atomic E-state index is -0.384. The molecule has 1 spiro atoms. The van der Waals surface area contributed by atoms with Crippen LogP contribution in [0.15, 0.2) is 42.5 Å². The standard InChI is InChI=1S/C26H32FN3O2S/c1-17(2)21-6-5-7-22(18(3)4)24(21)28-25(32)29-14-12-26(13-15-29)30(23(31)16-33-26)20-10-8-19(27)9-11-20/h5-11,17-18H,12-16H2,1-4H3,(H,28,32). The van der Waals surface area contributed by atoms with Gasteiger partial charge in [0.25, 0.3) is 0 Å². The maximum atomic E-state index is 13.4. The Balaban J connectivity index is 1.50. The quantitative estimate of drug-likeness (QED) is 0.582. The number of carbonyl (C=O) groups is 2. The van der Waals surface area contributed by atoms with Gasteiger partial charge in [0.2, 0.25) is 5.91 Å². The summed E-state index contributed by atoms with van der Waals surface area (Å²) in [5, 5.41) is 3.21. The van der Waals surface area contributed by atoms with Gasteiger partial charge in [0.15, 0.2) is 0 Å². The Labute approximate surface area is 199 Å². The lowest BCUT2D eigenvalue weighted by molar-refractivity contribution is -0.116. The van der Waals surface area contributed by atoms with Crippen LogP contribution in [0.1, 0.15) is 63.5 Å². The zero-order valence-corrected chi connectivity index (χ0v) is 20.5. The van der Waals surface area contributed by atoms with E-state index in [9.17, 15) is 14.0 Å². The van der Waals surface area contributed by atoms with Crippen LogP contribution in [0.25, 0.3) is 0 Å². The molecule has 4 rings (SSSR count). The number of urea groups is 1. The van der Waals surface area contributed by atoms with E-state index < -0.39 is 0 Å². The van der Waals surface area contributed by atoms with Crippen LogP contribution in [0.2, 0.25) is 0 Å². The fourth-order valence-corrected chi connectivity index (χ4v) is 6.16. The van der Waals surface area contributed by atoms with Gasteiger partial charge in [-0.05, 0) is 60.1 Å². The van der Waals surface area contributed by atoms with Crippen LogP contribution in [0.4, 0.5) is 20.6 Å². The first kappa shape index (κ1) is 23.6. The Morgan fingerprint density at radius 1 is 1.00 bits per heavy atom. The number of hydrogen-bond acceptors (Lipinski definition) is 3. The normalized spacial score (nSPS) is 18.0. The summed E-state index contributed by atoms with van der Waals surface area (Å²) in [6.45, 7) is 9.67. The second kappa shape index (κ2) is 9.37. The van der Waals surface area contributed by atoms with Crippen molar-refractivity contribution in [1.82, 2.24) is 4.90 Å². The van der Waals surface area contributed by atoms with Crippen LogP contribution in [0.3, 0.4) is 0 Å². The molecule has 176 valence electrons. The molecule has 2 aromatic carbocycles. The molecule has 2 aliphatic heterocycles. The number of carbonyl (C=O) groups excluding carboxylic acids is 2. The molecule has 2 saturated heterocycles. The number of para-hydroxylation sites is 1. The molecule has 0 aliphatic carbocycles. The molecule has 0 bridgehead atoms. The molecule has 5 nitrogen and oxygen atoms in total. The lowest BCUT2D eigenvalue weighted by Crippen LogP contribution is -2.53. The number of nitrogens with zero attached hydrogens (tertiary/aromatic N) is 2. The smallest absolute Gasteiger partial charge is 0.321 e. The Bertz CT molecular complexity index is 1000. The van der Waals surface area contributed by atoms with Crippen LogP contribution >= 0.6 is 11.8 Å². The first-order valence-electron chi connectivity index (χ1n) is 11.6. The average molecular weight is 470 g/mol. The summed E-state index contributed by atoms with van der Waals surface area (Å²) >= 11 is 1.64. The van der Waals surface area contributed by atoms with Crippen molar-refractivity contribution in [3.63, 3.8) is 0 Å². The SMILES string of the molecule is CC(C)c1cccc(C(C)C)c1NC(=O)N1CCC2(CC1)SCC(=O)N2c1ccc(F)cc1. The van der Waals surface area contributed by atoms with Crippen molar-refractivity contribution in [3.05, 3.63) is 59.4 Å². The third-order valence-electron chi connectivity index (χ3n) is 6.64. The lowest BCUT2D eigenvalue weighted by Gasteiger charge is -2.44. The zero-order chi connectivity index (χ0) is 23.8. The molecule has 0 unspecified atom stereocenters. The minimum absolute atomic E-state index is 0.0388. The average Bonchev–Trinajstić information content (AvgIpc) is 3.10. The lowest BCUT2D eigenvalue weighted by atomic mass is 9.92. The van der Waals surface area contributed by atoms with Crippen molar-refractivity contribution in [2.24, 2.45) is 0 Å². The minimum Gasteiger partial charge on any atom is -0.324 e. The fourth-order valence-electron chi connectivity index (χ4n) is 4.83. The molecule has 33 heavy (non-hydrogen) atoms. The van der Waals surface area contributed by atoms with Gasteiger partial charge in [0.1, 0.15) is 5.82 Å². The van der Waals surface area contributed by atoms with Gasteiger partial charge < -0.3 is 10.2 Å². The molecule has 0 saturated carbocycles. The molecule has 2 aromatic rings. The maximum Gasteiger partial charge on any atom is 0.321 e. The number of piperidine rings is 1. The summed E-state index contributed by atoms with van der Waals surface area (Å²) in [6, 6.07) is 12.2. The molecule has 2 fully saturated rings. The van der Waals surface area contributed by atoms with Crippen molar-refractivity contribution in [2.75, 3.05) is 29.1 Å². The third kappa shape index (κ3) is 4.60. The van der Waals surface area contributed by atoms with E-state index in [2.05, 4.69) is 51.2 Å². The van der Waals surface area contributed by atoms with Gasteiger partial charge in [0.05, 0.1) is 10.6 Å². The van der Waals surface area contributed by atoms with Gasteiger partial charge in [-0.2, -0.15) is 0 Å². The van der Waals surface area contributed by atoms with Crippen molar-refractivity contribution >= 4 is 35.1 Å². The summed E-state index contributed by atoms with van der Waals surface area (Å²) in [5.41, 5.74) is 3.92. The highest BCUT2D eigenvalue weighted by Crippen LogP contribution is 2.47. The first-order valence-corrected chi connectivity index (χ1v) is 12.6. The Kier molecular flexibility index (Phi) is 6.71. The predicted octanol–water partition coefficient (Wildman–Crippen LogP) is 6.18. The summed E-state index contributed by atoms with van der Waals surface area (Å²) < 4.78 is 13.4. The van der Waals surface area contributed by atoms with Gasteiger partial charge in [-0.1, -0.05) is 45.9 Å². The van der Waals surface area contributed by atoms with Crippen molar-refractivity contribution in [3.8, 4) is 0 Å². The van der Waals surface area contributed by atoms with Gasteiger partial charge in [-0.3, -0.25) is 9.69 Å². The maximum absolute atomic E-state index is 13.4. The number of nitrogens with one attached hydrogen (secondary N) is 1. The summed E-state index contributed by atoms with van der Waals surface area (Å²) in [5.74, 6) is 0.726. The van der Waals surface area contributed by atoms with E-state index >= 15 is 0 Å². The number of thioether (sulfide) groups is 1. The van der Waals surface area contributed by atoms with Crippen LogP contribution in [-0.4, -0.2) is 40.6 Å². The zero-order valence-electron chi connectivity index (χ0n) is 19.7. The monoisotopic (exact) mass is 469 g/mol. The molecule has 2 aliphatic rings. The van der Waals surface area contributed by atoms with E-state index in [4.69, 9.17) is 0 Å². The molecular weight excluding hydrogens is 437 g/mol. The molecular formula is C26H32FN3O2S. The first-order chi connectivity index (χ1) is 15.7. The van der Waals surface area contributed by atoms with E-state index in [1.807, 2.05) is 9.80 Å². The van der Waals surface area contributed by atoms with Gasteiger partial charge in [0, 0.05) is 24.5 Å². The van der Waals surface area contributed by atoms with Gasteiger partial charge in [-0.15, -0.1) is 11.8 Å². The van der Waals surface area contributed by atoms with Crippen LogP contribution in [-0.2, 0) is 4.79 Å². The van der Waals surface area contributed by atoms with E-state index in [1.54, 1.807) is 23.9 Å². The second-order valence-electron chi connectivity index (χ2n) is 9.48. The van der Waals surface area contributed by atoms with E-state index in [-0.39, 0.29) is 22.6 Å². The Morgan fingerprint density at radius 3 is 2.12 bits per heavy atom. The van der Waals surface area contributed by atoms with Crippen LogP contribution in [0, 0.1) is 5.82 Å². The van der Waals surface area contributed by atoms with Gasteiger partial charge in [-0.25, -0.2) is 9.18 Å². The number of benzene rings is 2. The fraction of sp³-hybridized carbons (Fsp3) is 0.462. The van der Waals surface area contributed by atoms with Gasteiger partial charge >= 0.3 is 6.03 Å². The highest BCUT2D eigenvalue weighted by atomic mass is 32.2. The number of likely N-dealkylation sites (tertiary alicyclic amines) is 1. The predicted molar refractivity (Wildman–Crippen MR) is 134 cm³/mol. The summed E-state index contributed by atoms with van der Waals surface area (Å²) in [7, 11) is 0. The Hall–Kier alpha value is -2.54. The molecule has 1 N–H and O–H groups in total. The number of rotatable bonds is 4. The molecule has 0 aromatic heterocycles. The van der Waals surface area contributed by atoms with Crippen molar-refractivity contribution in [1.29, 1.82) is 0 Å². The van der Waals surface area contributed by atoms with E-state index in [0.717, 1.165) is 22.5 Å². The highest BCUT2D eigenvalue weighted by molar-refractivity contribution is 8.02. The summed E-state index contributed by atoms with van der Waals surface area (Å²) in [6.07, 6.45) is 1.36. The molecule has 0 radical (unpaired) electrons. The van der Waals surface area contributed by atoms with E-state index in [0.29, 0.717) is 43.5 Å². The van der Waals surface area contributed by atoms with Crippen molar-refractivity contribution < 1.29 is 14.0 Å². The third-order valence-corrected chi connectivity index (χ3v) is 8.16. The van der Waals surface area contributed by atoms with E-state index in [1.165, 1.54) is 12.1 Å². The molecule has 2 heterocycles. The molecule has 0 atom stereocenters.